The van der Waals surface area contributed by atoms with Gasteiger partial charge >= 0.3 is 23.9 Å². The second-order valence-electron chi connectivity index (χ2n) is 10.6. The van der Waals surface area contributed by atoms with Crippen molar-refractivity contribution in [2.45, 2.75) is 31.5 Å². The maximum absolute atomic E-state index is 12.8. The predicted octanol–water partition coefficient (Wildman–Crippen LogP) is 0.888. The van der Waals surface area contributed by atoms with E-state index >= 15 is 0 Å². The lowest BCUT2D eigenvalue weighted by Crippen LogP contribution is -2.60. The number of amides is 3. The van der Waals surface area contributed by atoms with Gasteiger partial charge in [-0.05, 0) is 60.5 Å². The van der Waals surface area contributed by atoms with Crippen molar-refractivity contribution in [2.75, 3.05) is 25.0 Å². The van der Waals surface area contributed by atoms with Gasteiger partial charge in [0.15, 0.2) is 24.8 Å². The topological polar surface area (TPSA) is 245 Å². The van der Waals surface area contributed by atoms with Crippen LogP contribution in [0, 0.1) is 5.92 Å². The Morgan fingerprint density at radius 1 is 0.917 bits per heavy atom. The van der Waals surface area contributed by atoms with Crippen LogP contribution >= 0.6 is 0 Å². The highest BCUT2D eigenvalue weighted by molar-refractivity contribution is 5.91. The summed E-state index contributed by atoms with van der Waals surface area (Å²) in [7, 11) is 0. The molecule has 8 N–H and O–H groups in total. The van der Waals surface area contributed by atoms with Crippen LogP contribution in [0.25, 0.3) is 0 Å². The summed E-state index contributed by atoms with van der Waals surface area (Å²) >= 11 is 0. The number of nitrogens with one attached hydrogen (secondary N) is 1. The molecule has 1 heterocycles. The summed E-state index contributed by atoms with van der Waals surface area (Å²) in [5.74, 6) is -4.09. The number of aliphatic carboxylic acids is 1. The Bertz CT molecular complexity index is 1620. The SMILES string of the molecule is CC(C(N)=O)C(NC(Cc1ccc2c(c1)OCO2)C(=O)O)[C@H](N)C(=O)OC(=O)COc1ccc(OCN(C(N)=O)c2ccccc2)cc1. The fourth-order valence-corrected chi connectivity index (χ4v) is 4.63. The lowest BCUT2D eigenvalue weighted by atomic mass is 9.92. The number of rotatable bonds is 16. The quantitative estimate of drug-likeness (QED) is 0.0812. The number of carbonyl (C=O) groups excluding carboxylic acids is 4. The summed E-state index contributed by atoms with van der Waals surface area (Å²) in [6.45, 7) is 0.545. The van der Waals surface area contributed by atoms with Gasteiger partial charge in [-0.15, -0.1) is 0 Å². The number of carboxylic acids is 1. The smallest absolute Gasteiger partial charge is 0.351 e. The van der Waals surface area contributed by atoms with Gasteiger partial charge in [-0.1, -0.05) is 31.2 Å². The number of nitrogens with zero attached hydrogens (tertiary/aromatic N) is 1. The molecule has 254 valence electrons. The Morgan fingerprint density at radius 2 is 1.56 bits per heavy atom. The number of urea groups is 1. The first kappa shape index (κ1) is 35.0. The number of nitrogens with two attached hydrogens (primary N) is 3. The standard InChI is InChI=1S/C32H35N5O11/c1-18(29(34)39)28(36-23(30(40)41)13-19-7-12-24-25(14-19)47-17-46-24)27(33)31(42)48-26(38)15-44-21-8-10-22(11-9-21)45-16-37(32(35)43)20-5-3-2-4-6-20/h2-12,14,18,23,27-28,36H,13,15-17,33H2,1H3,(H2,34,39)(H2,35,43)(H,40,41)/t18?,23?,27-,28?/m0/s1. The minimum atomic E-state index is -1.66. The van der Waals surface area contributed by atoms with Crippen LogP contribution in [0.2, 0.25) is 0 Å². The van der Waals surface area contributed by atoms with E-state index in [9.17, 15) is 29.1 Å². The molecule has 16 nitrogen and oxygen atoms in total. The minimum absolute atomic E-state index is 0.0355. The molecule has 4 rings (SSSR count). The van der Waals surface area contributed by atoms with Crippen molar-refractivity contribution < 1.29 is 52.8 Å². The van der Waals surface area contributed by atoms with E-state index in [4.69, 9.17) is 40.9 Å². The van der Waals surface area contributed by atoms with Crippen LogP contribution < -0.4 is 46.4 Å². The fourth-order valence-electron chi connectivity index (χ4n) is 4.63. The van der Waals surface area contributed by atoms with E-state index in [2.05, 4.69) is 5.32 Å². The molecule has 3 aromatic carbocycles. The number of hydrogen-bond donors (Lipinski definition) is 5. The molecule has 0 aromatic heterocycles. The Balaban J connectivity index is 1.31. The third kappa shape index (κ3) is 9.34. The molecule has 0 aliphatic carbocycles. The van der Waals surface area contributed by atoms with E-state index in [0.29, 0.717) is 28.5 Å². The number of carboxylic acid groups (broad SMARTS) is 1. The zero-order valence-corrected chi connectivity index (χ0v) is 25.8. The molecule has 0 spiro atoms. The molecular formula is C32H35N5O11. The van der Waals surface area contributed by atoms with Crippen LogP contribution in [0.1, 0.15) is 12.5 Å². The maximum atomic E-state index is 12.8. The molecule has 3 amide bonds. The normalized spacial score (nSPS) is 14.1. The van der Waals surface area contributed by atoms with Gasteiger partial charge in [0.25, 0.3) is 0 Å². The van der Waals surface area contributed by atoms with E-state index in [1.165, 1.54) is 36.1 Å². The lowest BCUT2D eigenvalue weighted by Gasteiger charge is -2.30. The number of primary amides is 2. The number of carbonyl (C=O) groups is 5. The van der Waals surface area contributed by atoms with Crippen LogP contribution in [0.5, 0.6) is 23.0 Å². The Kier molecular flexibility index (Phi) is 11.7. The number of hydrogen-bond acceptors (Lipinski definition) is 12. The summed E-state index contributed by atoms with van der Waals surface area (Å²) in [6, 6.07) is 14.6. The van der Waals surface area contributed by atoms with E-state index in [1.54, 1.807) is 48.5 Å². The third-order valence-corrected chi connectivity index (χ3v) is 7.30. The lowest BCUT2D eigenvalue weighted by molar-refractivity contribution is -0.163. The number of anilines is 1. The van der Waals surface area contributed by atoms with Gasteiger partial charge in [-0.3, -0.25) is 19.8 Å². The number of esters is 2. The van der Waals surface area contributed by atoms with Crippen molar-refractivity contribution in [3.63, 3.8) is 0 Å². The molecule has 1 aliphatic rings. The summed E-state index contributed by atoms with van der Waals surface area (Å²) < 4.78 is 26.5. The Labute approximate surface area is 274 Å². The van der Waals surface area contributed by atoms with Crippen LogP contribution in [0.15, 0.2) is 72.8 Å². The third-order valence-electron chi connectivity index (χ3n) is 7.30. The van der Waals surface area contributed by atoms with Gasteiger partial charge in [0.2, 0.25) is 12.7 Å². The fraction of sp³-hybridized carbons (Fsp3) is 0.281. The number of benzene rings is 3. The molecular weight excluding hydrogens is 630 g/mol. The molecule has 0 saturated heterocycles. The highest BCUT2D eigenvalue weighted by Gasteiger charge is 2.37. The van der Waals surface area contributed by atoms with Crippen LogP contribution in [0.3, 0.4) is 0 Å². The van der Waals surface area contributed by atoms with E-state index in [0.717, 1.165) is 0 Å². The largest absolute Gasteiger partial charge is 0.482 e. The molecule has 0 saturated carbocycles. The van der Waals surface area contributed by atoms with Crippen molar-refractivity contribution in [3.05, 3.63) is 78.4 Å². The van der Waals surface area contributed by atoms with Crippen LogP contribution in [0.4, 0.5) is 10.5 Å². The van der Waals surface area contributed by atoms with Gasteiger partial charge in [0, 0.05) is 11.7 Å². The first-order valence-electron chi connectivity index (χ1n) is 14.6. The average molecular weight is 666 g/mol. The zero-order valence-electron chi connectivity index (χ0n) is 25.8. The molecule has 48 heavy (non-hydrogen) atoms. The second kappa shape index (κ2) is 16.1. The summed E-state index contributed by atoms with van der Waals surface area (Å²) in [6.07, 6.45) is -0.0806. The van der Waals surface area contributed by atoms with Gasteiger partial charge in [0.1, 0.15) is 23.6 Å². The number of fused-ring (bicyclic) bond motifs is 1. The van der Waals surface area contributed by atoms with Crippen molar-refractivity contribution in [1.29, 1.82) is 0 Å². The molecule has 3 aromatic rings. The summed E-state index contributed by atoms with van der Waals surface area (Å²) in [5.41, 5.74) is 18.1. The van der Waals surface area contributed by atoms with Gasteiger partial charge in [-0.2, -0.15) is 0 Å². The molecule has 4 atom stereocenters. The predicted molar refractivity (Wildman–Crippen MR) is 168 cm³/mol. The van der Waals surface area contributed by atoms with E-state index in [1.807, 2.05) is 0 Å². The molecule has 0 bridgehead atoms. The van der Waals surface area contributed by atoms with Crippen molar-refractivity contribution in [3.8, 4) is 23.0 Å². The Hall–Kier alpha value is -5.87. The summed E-state index contributed by atoms with van der Waals surface area (Å²) in [5, 5.41) is 12.6. The first-order valence-corrected chi connectivity index (χ1v) is 14.6. The second-order valence-corrected chi connectivity index (χ2v) is 10.6. The highest BCUT2D eigenvalue weighted by atomic mass is 16.7. The average Bonchev–Trinajstić information content (AvgIpc) is 3.54. The number of ether oxygens (including phenoxy) is 5. The molecule has 0 fully saturated rings. The molecule has 3 unspecified atom stereocenters. The van der Waals surface area contributed by atoms with Gasteiger partial charge in [-0.25, -0.2) is 14.4 Å². The first-order chi connectivity index (χ1) is 22.9. The zero-order chi connectivity index (χ0) is 34.8. The summed E-state index contributed by atoms with van der Waals surface area (Å²) in [4.78, 5) is 62.5. The van der Waals surface area contributed by atoms with Gasteiger partial charge in [0.05, 0.1) is 5.92 Å². The van der Waals surface area contributed by atoms with Crippen molar-refractivity contribution >= 4 is 35.5 Å². The molecule has 0 radical (unpaired) electrons. The highest BCUT2D eigenvalue weighted by Crippen LogP contribution is 2.33. The van der Waals surface area contributed by atoms with E-state index < -0.39 is 60.5 Å². The molecule has 16 heteroatoms. The molecule has 1 aliphatic heterocycles. The van der Waals surface area contributed by atoms with E-state index in [-0.39, 0.29) is 25.7 Å². The van der Waals surface area contributed by atoms with Gasteiger partial charge < -0.3 is 46.0 Å². The van der Waals surface area contributed by atoms with Crippen LogP contribution in [-0.2, 0) is 30.3 Å². The minimum Gasteiger partial charge on any atom is -0.482 e. The monoisotopic (exact) mass is 665 g/mol. The van der Waals surface area contributed by atoms with Crippen LogP contribution in [-0.4, -0.2) is 73.2 Å². The number of para-hydroxylation sites is 1. The van der Waals surface area contributed by atoms with Crippen molar-refractivity contribution in [2.24, 2.45) is 23.1 Å². The van der Waals surface area contributed by atoms with Crippen molar-refractivity contribution in [1.82, 2.24) is 5.32 Å². The maximum Gasteiger partial charge on any atom is 0.351 e. The Morgan fingerprint density at radius 3 is 2.19 bits per heavy atom.